The van der Waals surface area contributed by atoms with E-state index in [9.17, 15) is 0 Å². The maximum Gasteiger partial charge on any atom is 0.0143 e. The van der Waals surface area contributed by atoms with Gasteiger partial charge in [0.05, 0.1) is 0 Å². The minimum Gasteiger partial charge on any atom is -0.389 e. The molecule has 14 heavy (non-hydrogen) atoms. The highest BCUT2D eigenvalue weighted by atomic mass is 14.9. The number of allylic oxidation sites excluding steroid dienone is 2. The summed E-state index contributed by atoms with van der Waals surface area (Å²) in [5.41, 5.74) is 2.48. The molecule has 0 aromatic rings. The Labute approximate surface area is 89.3 Å². The molecule has 0 rings (SSSR count). The quantitative estimate of drug-likeness (QED) is 0.458. The van der Waals surface area contributed by atoms with Crippen molar-refractivity contribution in [2.24, 2.45) is 5.92 Å². The van der Waals surface area contributed by atoms with Crippen molar-refractivity contribution in [3.8, 4) is 0 Å². The first-order chi connectivity index (χ1) is 6.57. The van der Waals surface area contributed by atoms with Crippen LogP contribution in [0, 0.1) is 5.92 Å². The molecular formula is C13H25N. The molecule has 0 amide bonds. The van der Waals surface area contributed by atoms with Gasteiger partial charge in [-0.25, -0.2) is 0 Å². The van der Waals surface area contributed by atoms with Crippen LogP contribution in [0.3, 0.4) is 0 Å². The van der Waals surface area contributed by atoms with Crippen molar-refractivity contribution in [2.45, 2.75) is 46.5 Å². The molecule has 0 spiro atoms. The Bertz CT molecular complexity index is 180. The van der Waals surface area contributed by atoms with E-state index in [1.807, 2.05) is 0 Å². The molecular weight excluding hydrogens is 170 g/mol. The molecule has 0 aromatic heterocycles. The predicted octanol–water partition coefficient (Wildman–Crippen LogP) is 3.88. The average molecular weight is 195 g/mol. The summed E-state index contributed by atoms with van der Waals surface area (Å²) in [6.07, 6.45) is 4.56. The molecule has 0 atom stereocenters. The lowest BCUT2D eigenvalue weighted by Gasteiger charge is -2.12. The van der Waals surface area contributed by atoms with Crippen LogP contribution in [0.5, 0.6) is 0 Å². The zero-order valence-corrected chi connectivity index (χ0v) is 10.0. The Balaban J connectivity index is 3.49. The first-order valence-corrected chi connectivity index (χ1v) is 5.67. The topological polar surface area (TPSA) is 12.0 Å². The largest absolute Gasteiger partial charge is 0.389 e. The van der Waals surface area contributed by atoms with Crippen LogP contribution in [0.2, 0.25) is 0 Å². The Morgan fingerprint density at radius 1 is 1.21 bits per heavy atom. The van der Waals surface area contributed by atoms with Crippen LogP contribution in [0.25, 0.3) is 0 Å². The van der Waals surface area contributed by atoms with E-state index in [1.54, 1.807) is 0 Å². The molecule has 0 saturated heterocycles. The van der Waals surface area contributed by atoms with E-state index >= 15 is 0 Å². The Kier molecular flexibility index (Phi) is 7.27. The number of nitrogens with one attached hydrogen (secondary N) is 1. The van der Waals surface area contributed by atoms with Gasteiger partial charge in [0.2, 0.25) is 0 Å². The van der Waals surface area contributed by atoms with Gasteiger partial charge >= 0.3 is 0 Å². The van der Waals surface area contributed by atoms with Gasteiger partial charge in [-0.15, -0.1) is 0 Å². The molecule has 0 heterocycles. The fraction of sp³-hybridized carbons (Fsp3) is 0.692. The van der Waals surface area contributed by atoms with Crippen LogP contribution in [0.15, 0.2) is 24.4 Å². The van der Waals surface area contributed by atoms with Gasteiger partial charge in [-0.3, -0.25) is 0 Å². The second-order valence-corrected chi connectivity index (χ2v) is 4.20. The van der Waals surface area contributed by atoms with Gasteiger partial charge in [-0.2, -0.15) is 0 Å². The Morgan fingerprint density at radius 2 is 1.86 bits per heavy atom. The van der Waals surface area contributed by atoms with E-state index in [0.29, 0.717) is 5.92 Å². The lowest BCUT2D eigenvalue weighted by Crippen LogP contribution is -2.13. The number of unbranched alkanes of at least 4 members (excludes halogenated alkanes) is 1. The summed E-state index contributed by atoms with van der Waals surface area (Å²) in [4.78, 5) is 0. The van der Waals surface area contributed by atoms with Crippen molar-refractivity contribution in [1.29, 1.82) is 0 Å². The smallest absolute Gasteiger partial charge is 0.0143 e. The lowest BCUT2D eigenvalue weighted by molar-refractivity contribution is 0.661. The summed E-state index contributed by atoms with van der Waals surface area (Å²) in [6, 6.07) is 0. The molecule has 0 aromatic carbocycles. The van der Waals surface area contributed by atoms with Gasteiger partial charge < -0.3 is 5.32 Å². The van der Waals surface area contributed by atoms with E-state index in [4.69, 9.17) is 0 Å². The van der Waals surface area contributed by atoms with Crippen molar-refractivity contribution < 1.29 is 0 Å². The maximum absolute atomic E-state index is 4.05. The summed E-state index contributed by atoms with van der Waals surface area (Å²) in [5, 5.41) is 3.34. The minimum atomic E-state index is 0.596. The fourth-order valence-electron chi connectivity index (χ4n) is 1.13. The van der Waals surface area contributed by atoms with Gasteiger partial charge in [0.1, 0.15) is 0 Å². The van der Waals surface area contributed by atoms with Crippen LogP contribution in [0.4, 0.5) is 0 Å². The summed E-state index contributed by atoms with van der Waals surface area (Å²) >= 11 is 0. The summed E-state index contributed by atoms with van der Waals surface area (Å²) in [6.45, 7) is 15.7. The second kappa shape index (κ2) is 7.66. The Morgan fingerprint density at radius 3 is 2.36 bits per heavy atom. The predicted molar refractivity (Wildman–Crippen MR) is 65.3 cm³/mol. The minimum absolute atomic E-state index is 0.596. The summed E-state index contributed by atoms with van der Waals surface area (Å²) in [7, 11) is 0. The molecule has 0 bridgehead atoms. The molecule has 82 valence electrons. The zero-order valence-electron chi connectivity index (χ0n) is 10.0. The van der Waals surface area contributed by atoms with E-state index in [2.05, 4.69) is 39.2 Å². The van der Waals surface area contributed by atoms with Crippen LogP contribution >= 0.6 is 0 Å². The molecule has 0 saturated carbocycles. The molecule has 0 fully saturated rings. The van der Waals surface area contributed by atoms with Gasteiger partial charge in [0.25, 0.3) is 0 Å². The third-order valence-corrected chi connectivity index (χ3v) is 2.47. The lowest BCUT2D eigenvalue weighted by atomic mass is 10.00. The SMILES string of the molecule is C=C(CCC(=C)C(C)C)NCCCC. The number of hydrogen-bond donors (Lipinski definition) is 1. The second-order valence-electron chi connectivity index (χ2n) is 4.20. The highest BCUT2D eigenvalue weighted by molar-refractivity contribution is 5.02. The van der Waals surface area contributed by atoms with E-state index in [-0.39, 0.29) is 0 Å². The van der Waals surface area contributed by atoms with Crippen molar-refractivity contribution >= 4 is 0 Å². The molecule has 1 N–H and O–H groups in total. The third-order valence-electron chi connectivity index (χ3n) is 2.47. The molecule has 1 heteroatoms. The summed E-state index contributed by atoms with van der Waals surface area (Å²) < 4.78 is 0. The van der Waals surface area contributed by atoms with Crippen molar-refractivity contribution in [3.63, 3.8) is 0 Å². The van der Waals surface area contributed by atoms with Crippen LogP contribution in [0.1, 0.15) is 46.5 Å². The van der Waals surface area contributed by atoms with E-state index in [1.165, 1.54) is 18.4 Å². The van der Waals surface area contributed by atoms with Crippen LogP contribution < -0.4 is 5.32 Å². The van der Waals surface area contributed by atoms with Crippen LogP contribution in [-0.2, 0) is 0 Å². The molecule has 0 aliphatic carbocycles. The van der Waals surface area contributed by atoms with Crippen LogP contribution in [-0.4, -0.2) is 6.54 Å². The zero-order chi connectivity index (χ0) is 11.0. The van der Waals surface area contributed by atoms with Gasteiger partial charge in [-0.05, 0) is 25.2 Å². The van der Waals surface area contributed by atoms with Crippen molar-refractivity contribution in [3.05, 3.63) is 24.4 Å². The van der Waals surface area contributed by atoms with Gasteiger partial charge in [0, 0.05) is 12.2 Å². The standard InChI is InChI=1S/C13H25N/c1-6-7-10-14-13(5)9-8-12(4)11(2)3/h11,14H,4-10H2,1-3H3. The van der Waals surface area contributed by atoms with Crippen molar-refractivity contribution in [2.75, 3.05) is 6.54 Å². The van der Waals surface area contributed by atoms with E-state index in [0.717, 1.165) is 25.1 Å². The first kappa shape index (κ1) is 13.3. The van der Waals surface area contributed by atoms with E-state index < -0.39 is 0 Å². The first-order valence-electron chi connectivity index (χ1n) is 5.67. The number of hydrogen-bond acceptors (Lipinski definition) is 1. The molecule has 0 aliphatic heterocycles. The normalized spacial score (nSPS) is 10.3. The monoisotopic (exact) mass is 195 g/mol. The highest BCUT2D eigenvalue weighted by Gasteiger charge is 2.01. The molecule has 0 radical (unpaired) electrons. The molecule has 0 unspecified atom stereocenters. The van der Waals surface area contributed by atoms with Gasteiger partial charge in [-0.1, -0.05) is 45.9 Å². The average Bonchev–Trinajstić information content (AvgIpc) is 2.14. The maximum atomic E-state index is 4.05. The summed E-state index contributed by atoms with van der Waals surface area (Å²) in [5.74, 6) is 0.596. The molecule has 1 nitrogen and oxygen atoms in total. The molecule has 0 aliphatic rings. The Hall–Kier alpha value is -0.720. The highest BCUT2D eigenvalue weighted by Crippen LogP contribution is 2.15. The third kappa shape index (κ3) is 6.76. The van der Waals surface area contributed by atoms with Gasteiger partial charge in [0.15, 0.2) is 0 Å². The fourth-order valence-corrected chi connectivity index (χ4v) is 1.13. The number of rotatable bonds is 8. The van der Waals surface area contributed by atoms with Crippen molar-refractivity contribution in [1.82, 2.24) is 5.32 Å².